The van der Waals surface area contributed by atoms with Gasteiger partial charge in [0.05, 0.1) is 6.61 Å². The normalized spacial score (nSPS) is 11.6. The Labute approximate surface area is 118 Å². The first-order valence-corrected chi connectivity index (χ1v) is 5.82. The molecular weight excluding hydrogens is 271 g/mol. The second-order valence-corrected chi connectivity index (χ2v) is 4.21. The largest absolute Gasteiger partial charge is 0.380 e. The van der Waals surface area contributed by atoms with Gasteiger partial charge in [-0.15, -0.1) is 12.4 Å². The highest BCUT2D eigenvalue weighted by atomic mass is 35.5. The van der Waals surface area contributed by atoms with E-state index in [-0.39, 0.29) is 36.7 Å². The second kappa shape index (κ2) is 8.85. The smallest absolute Gasteiger partial charge is 0.224 e. The Morgan fingerprint density at radius 1 is 1.53 bits per heavy atom. The number of rotatable bonds is 6. The summed E-state index contributed by atoms with van der Waals surface area (Å²) in [5, 5.41) is 2.76. The molecule has 0 spiro atoms. The molecule has 108 valence electrons. The van der Waals surface area contributed by atoms with Crippen LogP contribution in [0.1, 0.15) is 18.1 Å². The van der Waals surface area contributed by atoms with Crippen LogP contribution < -0.4 is 11.1 Å². The zero-order valence-corrected chi connectivity index (χ0v) is 11.9. The standard InChI is InChI=1S/C13H19FN2O2.ClH/c1-9(6-15)13(17)16-7-10-3-4-12(14)11(5-10)8-18-2;/h3-5,9H,6-8,15H2,1-2H3,(H,16,17);1H. The molecule has 0 radical (unpaired) electrons. The molecule has 19 heavy (non-hydrogen) atoms. The average molecular weight is 291 g/mol. The minimum atomic E-state index is -0.303. The van der Waals surface area contributed by atoms with E-state index in [1.165, 1.54) is 13.2 Å². The molecule has 1 rings (SSSR count). The fraction of sp³-hybridized carbons (Fsp3) is 0.462. The molecule has 0 heterocycles. The number of methoxy groups -OCH3 is 1. The molecular formula is C13H20ClFN2O2. The van der Waals surface area contributed by atoms with Crippen LogP contribution in [-0.4, -0.2) is 19.6 Å². The summed E-state index contributed by atoms with van der Waals surface area (Å²) in [5.74, 6) is -0.624. The Morgan fingerprint density at radius 2 is 2.21 bits per heavy atom. The van der Waals surface area contributed by atoms with Crippen molar-refractivity contribution in [3.63, 3.8) is 0 Å². The molecule has 0 bridgehead atoms. The Hall–Kier alpha value is -1.17. The van der Waals surface area contributed by atoms with Gasteiger partial charge in [0, 0.05) is 31.7 Å². The lowest BCUT2D eigenvalue weighted by Gasteiger charge is -2.11. The number of halogens is 2. The van der Waals surface area contributed by atoms with E-state index in [1.807, 2.05) is 0 Å². The van der Waals surface area contributed by atoms with Crippen molar-refractivity contribution < 1.29 is 13.9 Å². The number of nitrogens with two attached hydrogens (primary N) is 1. The molecule has 0 saturated carbocycles. The van der Waals surface area contributed by atoms with Crippen molar-refractivity contribution in [3.05, 3.63) is 35.1 Å². The molecule has 0 saturated heterocycles. The van der Waals surface area contributed by atoms with Gasteiger partial charge >= 0.3 is 0 Å². The first kappa shape index (κ1) is 17.8. The highest BCUT2D eigenvalue weighted by molar-refractivity contribution is 5.85. The van der Waals surface area contributed by atoms with Crippen molar-refractivity contribution in [1.29, 1.82) is 0 Å². The van der Waals surface area contributed by atoms with Gasteiger partial charge < -0.3 is 15.8 Å². The molecule has 1 atom stereocenters. The number of hydrogen-bond donors (Lipinski definition) is 2. The third-order valence-corrected chi connectivity index (χ3v) is 2.68. The molecule has 6 heteroatoms. The summed E-state index contributed by atoms with van der Waals surface area (Å²) < 4.78 is 18.3. The quantitative estimate of drug-likeness (QED) is 0.836. The molecule has 0 aliphatic rings. The second-order valence-electron chi connectivity index (χ2n) is 4.21. The Kier molecular flexibility index (Phi) is 8.30. The van der Waals surface area contributed by atoms with E-state index in [1.54, 1.807) is 19.1 Å². The summed E-state index contributed by atoms with van der Waals surface area (Å²) in [6.07, 6.45) is 0. The highest BCUT2D eigenvalue weighted by Gasteiger charge is 2.10. The summed E-state index contributed by atoms with van der Waals surface area (Å²) in [5.41, 5.74) is 6.72. The van der Waals surface area contributed by atoms with Gasteiger partial charge in [-0.1, -0.05) is 13.0 Å². The lowest BCUT2D eigenvalue weighted by molar-refractivity contribution is -0.124. The summed E-state index contributed by atoms with van der Waals surface area (Å²) in [7, 11) is 1.51. The first-order valence-electron chi connectivity index (χ1n) is 5.82. The van der Waals surface area contributed by atoms with Crippen molar-refractivity contribution in [1.82, 2.24) is 5.32 Å². The van der Waals surface area contributed by atoms with Crippen LogP contribution >= 0.6 is 12.4 Å². The van der Waals surface area contributed by atoms with Crippen LogP contribution in [-0.2, 0) is 22.7 Å². The number of hydrogen-bond acceptors (Lipinski definition) is 3. The van der Waals surface area contributed by atoms with Crippen molar-refractivity contribution in [2.45, 2.75) is 20.1 Å². The van der Waals surface area contributed by atoms with Crippen LogP contribution in [0.4, 0.5) is 4.39 Å². The maximum absolute atomic E-state index is 13.4. The van der Waals surface area contributed by atoms with Crippen molar-refractivity contribution >= 4 is 18.3 Å². The van der Waals surface area contributed by atoms with Crippen LogP contribution in [0.5, 0.6) is 0 Å². The third-order valence-electron chi connectivity index (χ3n) is 2.68. The van der Waals surface area contributed by atoms with E-state index >= 15 is 0 Å². The molecule has 3 N–H and O–H groups in total. The summed E-state index contributed by atoms with van der Waals surface area (Å²) in [6.45, 7) is 2.65. The van der Waals surface area contributed by atoms with Crippen LogP contribution in [0.15, 0.2) is 18.2 Å². The summed E-state index contributed by atoms with van der Waals surface area (Å²) in [4.78, 5) is 11.5. The Bertz CT molecular complexity index is 416. The molecule has 0 aromatic heterocycles. The van der Waals surface area contributed by atoms with E-state index in [9.17, 15) is 9.18 Å². The number of benzene rings is 1. The fourth-order valence-electron chi connectivity index (χ4n) is 1.47. The first-order chi connectivity index (χ1) is 8.58. The highest BCUT2D eigenvalue weighted by Crippen LogP contribution is 2.11. The van der Waals surface area contributed by atoms with Crippen LogP contribution in [0, 0.1) is 11.7 Å². The van der Waals surface area contributed by atoms with Crippen LogP contribution in [0.25, 0.3) is 0 Å². The SMILES string of the molecule is COCc1cc(CNC(=O)C(C)CN)ccc1F.Cl. The monoisotopic (exact) mass is 290 g/mol. The van der Waals surface area contributed by atoms with Crippen LogP contribution in [0.2, 0.25) is 0 Å². The van der Waals surface area contributed by atoms with Gasteiger partial charge in [-0.25, -0.2) is 4.39 Å². The molecule has 0 aliphatic heterocycles. The van der Waals surface area contributed by atoms with Gasteiger partial charge in [0.15, 0.2) is 0 Å². The number of amides is 1. The maximum Gasteiger partial charge on any atom is 0.224 e. The Balaban J connectivity index is 0.00000324. The molecule has 1 unspecified atom stereocenters. The molecule has 0 fully saturated rings. The third kappa shape index (κ3) is 5.55. The van der Waals surface area contributed by atoms with Crippen molar-refractivity contribution in [2.75, 3.05) is 13.7 Å². The zero-order chi connectivity index (χ0) is 13.5. The molecule has 1 aromatic carbocycles. The average Bonchev–Trinajstić information content (AvgIpc) is 2.38. The Morgan fingerprint density at radius 3 is 2.79 bits per heavy atom. The predicted octanol–water partition coefficient (Wildman–Crippen LogP) is 1.60. The van der Waals surface area contributed by atoms with Gasteiger partial charge in [-0.3, -0.25) is 4.79 Å². The molecule has 1 amide bonds. The van der Waals surface area contributed by atoms with E-state index < -0.39 is 0 Å². The number of carbonyl (C=O) groups excluding carboxylic acids is 1. The topological polar surface area (TPSA) is 64.3 Å². The number of ether oxygens (including phenoxy) is 1. The number of carbonyl (C=O) groups is 1. The lowest BCUT2D eigenvalue weighted by Crippen LogP contribution is -2.32. The van der Waals surface area contributed by atoms with Gasteiger partial charge in [0.25, 0.3) is 0 Å². The van der Waals surface area contributed by atoms with E-state index in [0.29, 0.717) is 18.7 Å². The lowest BCUT2D eigenvalue weighted by atomic mass is 10.1. The predicted molar refractivity (Wildman–Crippen MR) is 74.4 cm³/mol. The van der Waals surface area contributed by atoms with Gasteiger partial charge in [0.2, 0.25) is 5.91 Å². The van der Waals surface area contributed by atoms with Gasteiger partial charge in [-0.05, 0) is 17.7 Å². The number of nitrogens with one attached hydrogen (secondary N) is 1. The minimum Gasteiger partial charge on any atom is -0.380 e. The van der Waals surface area contributed by atoms with Gasteiger partial charge in [-0.2, -0.15) is 0 Å². The maximum atomic E-state index is 13.4. The fourth-order valence-corrected chi connectivity index (χ4v) is 1.47. The minimum absolute atomic E-state index is 0. The molecule has 4 nitrogen and oxygen atoms in total. The molecule has 1 aromatic rings. The van der Waals surface area contributed by atoms with E-state index in [4.69, 9.17) is 10.5 Å². The van der Waals surface area contributed by atoms with Crippen molar-refractivity contribution in [3.8, 4) is 0 Å². The summed E-state index contributed by atoms with van der Waals surface area (Å²) in [6, 6.07) is 4.70. The zero-order valence-electron chi connectivity index (χ0n) is 11.1. The van der Waals surface area contributed by atoms with Crippen molar-refractivity contribution in [2.24, 2.45) is 11.7 Å². The van der Waals surface area contributed by atoms with Crippen LogP contribution in [0.3, 0.4) is 0 Å². The van der Waals surface area contributed by atoms with E-state index in [2.05, 4.69) is 5.32 Å². The van der Waals surface area contributed by atoms with Gasteiger partial charge in [0.1, 0.15) is 5.82 Å². The molecule has 0 aliphatic carbocycles. The van der Waals surface area contributed by atoms with E-state index in [0.717, 1.165) is 5.56 Å². The summed E-state index contributed by atoms with van der Waals surface area (Å²) >= 11 is 0.